The van der Waals surface area contributed by atoms with Gasteiger partial charge in [0.1, 0.15) is 5.75 Å². The number of aliphatic carboxylic acids is 1. The van der Waals surface area contributed by atoms with Crippen molar-refractivity contribution < 1.29 is 19.4 Å². The van der Waals surface area contributed by atoms with E-state index in [0.717, 1.165) is 11.1 Å². The van der Waals surface area contributed by atoms with Crippen molar-refractivity contribution in [3.05, 3.63) is 28.8 Å². The number of hydrogen-bond donors (Lipinski definition) is 2. The average Bonchev–Trinajstić information content (AvgIpc) is 3.36. The van der Waals surface area contributed by atoms with Crippen LogP contribution in [0.25, 0.3) is 0 Å². The number of amides is 1. The second-order valence-electron chi connectivity index (χ2n) is 6.80. The fourth-order valence-electron chi connectivity index (χ4n) is 3.21. The van der Waals surface area contributed by atoms with Crippen LogP contribution in [0.4, 0.5) is 0 Å². The summed E-state index contributed by atoms with van der Waals surface area (Å²) in [6.07, 6.45) is 4.89. The van der Waals surface area contributed by atoms with Crippen LogP contribution in [0.1, 0.15) is 47.2 Å². The van der Waals surface area contributed by atoms with Crippen molar-refractivity contribution in [2.24, 2.45) is 11.8 Å². The predicted molar refractivity (Wildman–Crippen MR) is 85.7 cm³/mol. The number of aryl methyl sites for hydroxylation is 2. The Kier molecular flexibility index (Phi) is 4.28. The van der Waals surface area contributed by atoms with Crippen LogP contribution in [0.2, 0.25) is 0 Å². The fraction of sp³-hybridized carbons (Fsp3) is 0.556. The van der Waals surface area contributed by atoms with E-state index in [1.165, 1.54) is 25.7 Å². The number of carbonyl (C=O) groups is 2. The molecule has 2 N–H and O–H groups in total. The van der Waals surface area contributed by atoms with Crippen molar-refractivity contribution in [3.8, 4) is 5.75 Å². The van der Waals surface area contributed by atoms with Gasteiger partial charge in [-0.25, -0.2) is 4.79 Å². The second kappa shape index (κ2) is 6.22. The minimum atomic E-state index is -1.01. The third-order valence-corrected chi connectivity index (χ3v) is 4.62. The van der Waals surface area contributed by atoms with E-state index >= 15 is 0 Å². The maximum Gasteiger partial charge on any atom is 0.341 e. The summed E-state index contributed by atoms with van der Waals surface area (Å²) >= 11 is 0. The molecule has 2 saturated carbocycles. The summed E-state index contributed by atoms with van der Waals surface area (Å²) in [5, 5.41) is 11.9. The van der Waals surface area contributed by atoms with Crippen LogP contribution in [0.5, 0.6) is 5.75 Å². The lowest BCUT2D eigenvalue weighted by Gasteiger charge is -2.19. The molecule has 5 heteroatoms. The van der Waals surface area contributed by atoms with Crippen molar-refractivity contribution in [1.82, 2.24) is 5.32 Å². The maximum absolute atomic E-state index is 12.6. The molecule has 3 rings (SSSR count). The first-order valence-electron chi connectivity index (χ1n) is 8.22. The Bertz CT molecular complexity index is 597. The number of carboxylic acid groups (broad SMARTS) is 1. The van der Waals surface area contributed by atoms with Gasteiger partial charge in [0.15, 0.2) is 6.61 Å². The van der Waals surface area contributed by atoms with E-state index < -0.39 is 5.97 Å². The van der Waals surface area contributed by atoms with Gasteiger partial charge in [-0.15, -0.1) is 0 Å². The van der Waals surface area contributed by atoms with Crippen LogP contribution in [0.3, 0.4) is 0 Å². The molecule has 0 bridgehead atoms. The Labute approximate surface area is 136 Å². The van der Waals surface area contributed by atoms with Crippen molar-refractivity contribution in [1.29, 1.82) is 0 Å². The van der Waals surface area contributed by atoms with E-state index in [1.807, 2.05) is 13.8 Å². The normalized spacial score (nSPS) is 17.2. The highest BCUT2D eigenvalue weighted by molar-refractivity contribution is 5.95. The lowest BCUT2D eigenvalue weighted by Crippen LogP contribution is -2.38. The minimum Gasteiger partial charge on any atom is -0.481 e. The molecule has 1 aromatic rings. The molecule has 2 aliphatic rings. The topological polar surface area (TPSA) is 75.6 Å². The highest BCUT2D eigenvalue weighted by atomic mass is 16.5. The van der Waals surface area contributed by atoms with E-state index in [4.69, 9.17) is 9.84 Å². The van der Waals surface area contributed by atoms with Gasteiger partial charge in [-0.05, 0) is 74.6 Å². The molecule has 5 nitrogen and oxygen atoms in total. The van der Waals surface area contributed by atoms with Crippen molar-refractivity contribution in [2.75, 3.05) is 6.61 Å². The number of carboxylic acids is 1. The van der Waals surface area contributed by atoms with E-state index in [0.29, 0.717) is 29.2 Å². The summed E-state index contributed by atoms with van der Waals surface area (Å²) in [7, 11) is 0. The quantitative estimate of drug-likeness (QED) is 0.811. The molecule has 0 atom stereocenters. The molecule has 1 aromatic carbocycles. The number of nitrogens with one attached hydrogen (secondary N) is 1. The largest absolute Gasteiger partial charge is 0.481 e. The smallest absolute Gasteiger partial charge is 0.341 e. The molecular formula is C18H23NO4. The molecule has 0 unspecified atom stereocenters. The molecule has 0 aliphatic heterocycles. The van der Waals surface area contributed by atoms with Gasteiger partial charge in [0, 0.05) is 11.6 Å². The van der Waals surface area contributed by atoms with Crippen LogP contribution in [0, 0.1) is 25.7 Å². The van der Waals surface area contributed by atoms with Crippen LogP contribution in [0.15, 0.2) is 12.1 Å². The summed E-state index contributed by atoms with van der Waals surface area (Å²) in [5.74, 6) is 0.815. The van der Waals surface area contributed by atoms with Gasteiger partial charge in [0.05, 0.1) is 0 Å². The molecule has 1 amide bonds. The van der Waals surface area contributed by atoms with Crippen molar-refractivity contribution in [3.63, 3.8) is 0 Å². The van der Waals surface area contributed by atoms with Gasteiger partial charge in [-0.2, -0.15) is 0 Å². The molecule has 2 aliphatic carbocycles. The van der Waals surface area contributed by atoms with Crippen LogP contribution in [-0.2, 0) is 4.79 Å². The van der Waals surface area contributed by atoms with E-state index in [-0.39, 0.29) is 12.5 Å². The second-order valence-corrected chi connectivity index (χ2v) is 6.80. The highest BCUT2D eigenvalue weighted by Gasteiger charge is 2.42. The summed E-state index contributed by atoms with van der Waals surface area (Å²) in [4.78, 5) is 23.2. The van der Waals surface area contributed by atoms with Gasteiger partial charge < -0.3 is 15.2 Å². The van der Waals surface area contributed by atoms with Crippen LogP contribution < -0.4 is 10.1 Å². The van der Waals surface area contributed by atoms with Gasteiger partial charge in [0.2, 0.25) is 0 Å². The first-order chi connectivity index (χ1) is 11.0. The minimum absolute atomic E-state index is 0.0372. The number of rotatable bonds is 7. The lowest BCUT2D eigenvalue weighted by atomic mass is 10.0. The van der Waals surface area contributed by atoms with Crippen LogP contribution >= 0.6 is 0 Å². The monoisotopic (exact) mass is 317 g/mol. The Hall–Kier alpha value is -2.04. The molecule has 2 fully saturated rings. The Balaban J connectivity index is 1.71. The summed E-state index contributed by atoms with van der Waals surface area (Å²) in [6.45, 7) is 3.29. The molecule has 0 heterocycles. The number of ether oxygens (including phenoxy) is 1. The molecular weight excluding hydrogens is 294 g/mol. The first-order valence-corrected chi connectivity index (χ1v) is 8.22. The highest BCUT2D eigenvalue weighted by Crippen LogP contribution is 2.44. The molecule has 124 valence electrons. The van der Waals surface area contributed by atoms with E-state index in [1.54, 1.807) is 12.1 Å². The summed E-state index contributed by atoms with van der Waals surface area (Å²) < 4.78 is 5.31. The zero-order valence-electron chi connectivity index (χ0n) is 13.6. The standard InChI is InChI=1S/C18H23NO4/c1-10-7-14(8-11(2)17(10)23-9-15(20)21)18(22)19-16(12-3-4-12)13-5-6-13/h7-8,12-13,16H,3-6,9H2,1-2H3,(H,19,22)(H,20,21). The number of carbonyl (C=O) groups excluding carboxylic acids is 1. The maximum atomic E-state index is 12.6. The van der Waals surface area contributed by atoms with Gasteiger partial charge in [-0.3, -0.25) is 4.79 Å². The molecule has 0 saturated heterocycles. The third-order valence-electron chi connectivity index (χ3n) is 4.62. The number of benzene rings is 1. The third kappa shape index (κ3) is 3.84. The van der Waals surface area contributed by atoms with Gasteiger partial charge in [0.25, 0.3) is 5.91 Å². The molecule has 0 spiro atoms. The zero-order valence-corrected chi connectivity index (χ0v) is 13.6. The Morgan fingerprint density at radius 1 is 1.17 bits per heavy atom. The SMILES string of the molecule is Cc1cc(C(=O)NC(C2CC2)C2CC2)cc(C)c1OCC(=O)O. The van der Waals surface area contributed by atoms with Crippen molar-refractivity contribution >= 4 is 11.9 Å². The molecule has 23 heavy (non-hydrogen) atoms. The average molecular weight is 317 g/mol. The first kappa shape index (κ1) is 15.8. The fourth-order valence-corrected chi connectivity index (χ4v) is 3.21. The zero-order chi connectivity index (χ0) is 16.6. The van der Waals surface area contributed by atoms with Gasteiger partial charge in [-0.1, -0.05) is 0 Å². The molecule has 0 radical (unpaired) electrons. The Morgan fingerprint density at radius 2 is 1.70 bits per heavy atom. The number of hydrogen-bond acceptors (Lipinski definition) is 3. The Morgan fingerprint density at radius 3 is 2.13 bits per heavy atom. The molecule has 0 aromatic heterocycles. The van der Waals surface area contributed by atoms with E-state index in [2.05, 4.69) is 5.32 Å². The van der Waals surface area contributed by atoms with Crippen molar-refractivity contribution in [2.45, 2.75) is 45.6 Å². The van der Waals surface area contributed by atoms with Crippen LogP contribution in [-0.4, -0.2) is 29.6 Å². The predicted octanol–water partition coefficient (Wildman–Crippen LogP) is 2.69. The summed E-state index contributed by atoms with van der Waals surface area (Å²) in [6, 6.07) is 3.87. The van der Waals surface area contributed by atoms with E-state index in [9.17, 15) is 9.59 Å². The summed E-state index contributed by atoms with van der Waals surface area (Å²) in [5.41, 5.74) is 2.19. The lowest BCUT2D eigenvalue weighted by molar-refractivity contribution is -0.139. The van der Waals surface area contributed by atoms with Gasteiger partial charge >= 0.3 is 5.97 Å².